The first kappa shape index (κ1) is 15.8. The summed E-state index contributed by atoms with van der Waals surface area (Å²) in [6.07, 6.45) is 0. The number of hydrogen-bond acceptors (Lipinski definition) is 5. The first-order chi connectivity index (χ1) is 10.5. The Morgan fingerprint density at radius 2 is 1.91 bits per heavy atom. The van der Waals surface area contributed by atoms with Gasteiger partial charge in [0.1, 0.15) is 17.4 Å². The summed E-state index contributed by atoms with van der Waals surface area (Å²) in [4.78, 5) is 0. The molecule has 0 fully saturated rings. The van der Waals surface area contributed by atoms with Gasteiger partial charge in [-0.05, 0) is 52.7 Å². The molecule has 118 valence electrons. The van der Waals surface area contributed by atoms with Crippen molar-refractivity contribution in [2.24, 2.45) is 0 Å². The third kappa shape index (κ3) is 3.29. The predicted molar refractivity (Wildman–Crippen MR) is 88.2 cm³/mol. The molecular weight excluding hydrogens is 390 g/mol. The third-order valence-electron chi connectivity index (χ3n) is 3.21. The van der Waals surface area contributed by atoms with Crippen molar-refractivity contribution in [3.63, 3.8) is 0 Å². The van der Waals surface area contributed by atoms with E-state index in [9.17, 15) is 8.42 Å². The summed E-state index contributed by atoms with van der Waals surface area (Å²) < 4.78 is 39.4. The normalized spacial score (nSPS) is 15.5. The standard InChI is InChI=1S/C14H14BrNO4S2/c1-9(16-22(17,18)14-5-4-13(15)21-14)10-2-3-11-12(8-10)20-7-6-19-11/h2-5,8-9,16H,6-7H2,1H3/t9-/m1/s1. The van der Waals surface area contributed by atoms with Crippen LogP contribution >= 0.6 is 27.3 Å². The van der Waals surface area contributed by atoms with Crippen molar-refractivity contribution in [1.29, 1.82) is 0 Å². The van der Waals surface area contributed by atoms with Gasteiger partial charge in [0.15, 0.2) is 11.5 Å². The summed E-state index contributed by atoms with van der Waals surface area (Å²) in [6.45, 7) is 2.83. The summed E-state index contributed by atoms with van der Waals surface area (Å²) in [5, 5.41) is 0. The minimum atomic E-state index is -3.54. The molecule has 0 unspecified atom stereocenters. The van der Waals surface area contributed by atoms with Gasteiger partial charge in [0.05, 0.1) is 3.79 Å². The highest BCUT2D eigenvalue weighted by Gasteiger charge is 2.21. The highest BCUT2D eigenvalue weighted by Crippen LogP contribution is 2.33. The molecular formula is C14H14BrNO4S2. The van der Waals surface area contributed by atoms with Crippen LogP contribution in [0.1, 0.15) is 18.5 Å². The molecule has 1 aliphatic rings. The van der Waals surface area contributed by atoms with Gasteiger partial charge in [-0.2, -0.15) is 0 Å². The Balaban J connectivity index is 1.81. The van der Waals surface area contributed by atoms with Crippen LogP contribution in [-0.2, 0) is 10.0 Å². The van der Waals surface area contributed by atoms with Gasteiger partial charge in [0.2, 0.25) is 0 Å². The van der Waals surface area contributed by atoms with E-state index in [1.54, 1.807) is 25.1 Å². The Morgan fingerprint density at radius 3 is 2.59 bits per heavy atom. The maximum atomic E-state index is 12.3. The summed E-state index contributed by atoms with van der Waals surface area (Å²) in [5.41, 5.74) is 0.823. The molecule has 0 amide bonds. The number of hydrogen-bond donors (Lipinski definition) is 1. The van der Waals surface area contributed by atoms with Crippen molar-refractivity contribution in [1.82, 2.24) is 4.72 Å². The predicted octanol–water partition coefficient (Wildman–Crippen LogP) is 3.32. The number of fused-ring (bicyclic) bond motifs is 1. The van der Waals surface area contributed by atoms with Crippen LogP contribution in [0.4, 0.5) is 0 Å². The van der Waals surface area contributed by atoms with Gasteiger partial charge < -0.3 is 9.47 Å². The Bertz CT molecular complexity index is 788. The highest BCUT2D eigenvalue weighted by molar-refractivity contribution is 9.11. The Hall–Kier alpha value is -1.09. The van der Waals surface area contributed by atoms with Crippen molar-refractivity contribution in [3.8, 4) is 11.5 Å². The monoisotopic (exact) mass is 403 g/mol. The van der Waals surface area contributed by atoms with Gasteiger partial charge in [0, 0.05) is 6.04 Å². The molecule has 5 nitrogen and oxygen atoms in total. The number of nitrogens with one attached hydrogen (secondary N) is 1. The fraction of sp³-hybridized carbons (Fsp3) is 0.286. The van der Waals surface area contributed by atoms with Gasteiger partial charge in [-0.15, -0.1) is 11.3 Å². The maximum absolute atomic E-state index is 12.3. The molecule has 1 N–H and O–H groups in total. The molecule has 8 heteroatoms. The Morgan fingerprint density at radius 1 is 1.18 bits per heavy atom. The second-order valence-corrected chi connectivity index (χ2v) is 9.21. The first-order valence-corrected chi connectivity index (χ1v) is 9.72. The average Bonchev–Trinajstić information content (AvgIpc) is 2.94. The van der Waals surface area contributed by atoms with E-state index < -0.39 is 10.0 Å². The lowest BCUT2D eigenvalue weighted by atomic mass is 10.1. The van der Waals surface area contributed by atoms with Crippen LogP contribution in [0.2, 0.25) is 0 Å². The minimum absolute atomic E-state index is 0.281. The van der Waals surface area contributed by atoms with E-state index in [1.807, 2.05) is 12.1 Å². The fourth-order valence-corrected chi connectivity index (χ4v) is 5.39. The molecule has 0 saturated heterocycles. The van der Waals surface area contributed by atoms with Crippen LogP contribution in [0.5, 0.6) is 11.5 Å². The average molecular weight is 404 g/mol. The lowest BCUT2D eigenvalue weighted by Crippen LogP contribution is -2.26. The molecule has 0 saturated carbocycles. The molecule has 0 radical (unpaired) electrons. The van der Waals surface area contributed by atoms with Crippen LogP contribution in [0.3, 0.4) is 0 Å². The second kappa shape index (κ2) is 6.19. The Kier molecular flexibility index (Phi) is 4.44. The van der Waals surface area contributed by atoms with E-state index >= 15 is 0 Å². The molecule has 1 aromatic carbocycles. The van der Waals surface area contributed by atoms with E-state index in [0.717, 1.165) is 9.35 Å². The topological polar surface area (TPSA) is 64.6 Å². The summed E-state index contributed by atoms with van der Waals surface area (Å²) in [5.74, 6) is 1.33. The highest BCUT2D eigenvalue weighted by atomic mass is 79.9. The molecule has 1 aromatic heterocycles. The molecule has 3 rings (SSSR count). The van der Waals surface area contributed by atoms with E-state index in [-0.39, 0.29) is 10.3 Å². The number of rotatable bonds is 4. The zero-order chi connectivity index (χ0) is 15.7. The zero-order valence-corrected chi connectivity index (χ0v) is 14.9. The van der Waals surface area contributed by atoms with Crippen LogP contribution in [-0.4, -0.2) is 21.6 Å². The van der Waals surface area contributed by atoms with Crippen LogP contribution in [0.25, 0.3) is 0 Å². The van der Waals surface area contributed by atoms with Gasteiger partial charge in [0.25, 0.3) is 10.0 Å². The lowest BCUT2D eigenvalue weighted by Gasteiger charge is -2.21. The van der Waals surface area contributed by atoms with Gasteiger partial charge in [-0.1, -0.05) is 6.07 Å². The molecule has 2 aromatic rings. The van der Waals surface area contributed by atoms with E-state index in [0.29, 0.717) is 24.7 Å². The zero-order valence-electron chi connectivity index (χ0n) is 11.7. The Labute approximate surface area is 141 Å². The van der Waals surface area contributed by atoms with Crippen molar-refractivity contribution >= 4 is 37.3 Å². The number of thiophene rings is 1. The molecule has 1 atom stereocenters. The smallest absolute Gasteiger partial charge is 0.250 e. The third-order valence-corrected chi connectivity index (χ3v) is 6.87. The number of sulfonamides is 1. The summed E-state index contributed by atoms with van der Waals surface area (Å²) >= 11 is 4.45. The van der Waals surface area contributed by atoms with Crippen molar-refractivity contribution in [3.05, 3.63) is 39.7 Å². The number of benzene rings is 1. The van der Waals surface area contributed by atoms with Crippen molar-refractivity contribution in [2.75, 3.05) is 13.2 Å². The fourth-order valence-electron chi connectivity index (χ4n) is 2.13. The SMILES string of the molecule is C[C@@H](NS(=O)(=O)c1ccc(Br)s1)c1ccc2c(c1)OCCO2. The summed E-state index contributed by atoms with van der Waals surface area (Å²) in [6, 6.07) is 8.37. The van der Waals surface area contributed by atoms with Crippen LogP contribution in [0, 0.1) is 0 Å². The van der Waals surface area contributed by atoms with Gasteiger partial charge in [-0.25, -0.2) is 13.1 Å². The molecule has 22 heavy (non-hydrogen) atoms. The summed E-state index contributed by atoms with van der Waals surface area (Å²) in [7, 11) is -3.54. The molecule has 0 bridgehead atoms. The van der Waals surface area contributed by atoms with E-state index in [2.05, 4.69) is 20.7 Å². The van der Waals surface area contributed by atoms with Crippen molar-refractivity contribution in [2.45, 2.75) is 17.2 Å². The van der Waals surface area contributed by atoms with Crippen LogP contribution in [0.15, 0.2) is 38.3 Å². The van der Waals surface area contributed by atoms with Gasteiger partial charge in [-0.3, -0.25) is 0 Å². The minimum Gasteiger partial charge on any atom is -0.486 e. The lowest BCUT2D eigenvalue weighted by molar-refractivity contribution is 0.171. The van der Waals surface area contributed by atoms with Gasteiger partial charge >= 0.3 is 0 Å². The molecule has 1 aliphatic heterocycles. The quantitative estimate of drug-likeness (QED) is 0.849. The largest absolute Gasteiger partial charge is 0.486 e. The molecule has 0 spiro atoms. The molecule has 2 heterocycles. The first-order valence-electron chi connectivity index (χ1n) is 6.63. The molecule has 0 aliphatic carbocycles. The van der Waals surface area contributed by atoms with E-state index in [4.69, 9.17) is 9.47 Å². The second-order valence-electron chi connectivity index (χ2n) is 4.80. The number of ether oxygens (including phenoxy) is 2. The number of halogens is 1. The van der Waals surface area contributed by atoms with Crippen molar-refractivity contribution < 1.29 is 17.9 Å². The maximum Gasteiger partial charge on any atom is 0.250 e. The van der Waals surface area contributed by atoms with Crippen LogP contribution < -0.4 is 14.2 Å². The van der Waals surface area contributed by atoms with E-state index in [1.165, 1.54) is 11.3 Å².